The van der Waals surface area contributed by atoms with Crippen molar-refractivity contribution in [3.05, 3.63) is 48.3 Å². The summed E-state index contributed by atoms with van der Waals surface area (Å²) >= 11 is 0. The van der Waals surface area contributed by atoms with Crippen molar-refractivity contribution in [1.29, 1.82) is 0 Å². The number of benzene rings is 1. The number of aliphatic hydroxyl groups is 1. The number of anilines is 1. The zero-order valence-corrected chi connectivity index (χ0v) is 12.9. The molecular formula is C17H25N3O. The number of rotatable bonds is 8. The van der Waals surface area contributed by atoms with Crippen LogP contribution in [0.25, 0.3) is 0 Å². The minimum absolute atomic E-state index is 0.0201. The fourth-order valence-electron chi connectivity index (χ4n) is 2.38. The molecule has 0 amide bonds. The third-order valence-corrected chi connectivity index (χ3v) is 4.36. The fraction of sp³-hybridized carbons (Fsp3) is 0.471. The van der Waals surface area contributed by atoms with E-state index >= 15 is 0 Å². The lowest BCUT2D eigenvalue weighted by Gasteiger charge is -2.30. The summed E-state index contributed by atoms with van der Waals surface area (Å²) in [7, 11) is 0. The Morgan fingerprint density at radius 2 is 1.90 bits per heavy atom. The smallest absolute Gasteiger partial charge is 0.0659 e. The van der Waals surface area contributed by atoms with Crippen LogP contribution in [-0.4, -0.2) is 28.0 Å². The van der Waals surface area contributed by atoms with Crippen molar-refractivity contribution in [1.82, 2.24) is 9.78 Å². The van der Waals surface area contributed by atoms with E-state index in [1.165, 1.54) is 5.56 Å². The summed E-state index contributed by atoms with van der Waals surface area (Å²) < 4.78 is 1.91. The highest BCUT2D eigenvalue weighted by Crippen LogP contribution is 2.26. The quantitative estimate of drug-likeness (QED) is 0.784. The predicted molar refractivity (Wildman–Crippen MR) is 86.4 cm³/mol. The molecule has 0 aliphatic rings. The number of aromatic nitrogens is 2. The van der Waals surface area contributed by atoms with Crippen LogP contribution in [0.2, 0.25) is 0 Å². The van der Waals surface area contributed by atoms with Gasteiger partial charge in [-0.1, -0.05) is 26.0 Å². The SMILES string of the molecule is CCC(CC)(CO)CNc1ccc(Cn2cccn2)cc1. The Morgan fingerprint density at radius 1 is 1.19 bits per heavy atom. The molecule has 4 heteroatoms. The van der Waals surface area contributed by atoms with Crippen molar-refractivity contribution in [2.45, 2.75) is 33.2 Å². The van der Waals surface area contributed by atoms with Crippen LogP contribution >= 0.6 is 0 Å². The van der Waals surface area contributed by atoms with Gasteiger partial charge in [0.2, 0.25) is 0 Å². The van der Waals surface area contributed by atoms with Crippen molar-refractivity contribution < 1.29 is 5.11 Å². The Balaban J connectivity index is 1.93. The van der Waals surface area contributed by atoms with Crippen LogP contribution in [0.5, 0.6) is 0 Å². The molecule has 1 heterocycles. The second-order valence-corrected chi connectivity index (χ2v) is 5.62. The molecule has 114 valence electrons. The van der Waals surface area contributed by atoms with E-state index in [0.29, 0.717) is 0 Å². The summed E-state index contributed by atoms with van der Waals surface area (Å²) in [6.07, 6.45) is 5.71. The minimum Gasteiger partial charge on any atom is -0.396 e. The van der Waals surface area contributed by atoms with E-state index in [9.17, 15) is 5.11 Å². The van der Waals surface area contributed by atoms with Crippen LogP contribution in [-0.2, 0) is 6.54 Å². The maximum absolute atomic E-state index is 9.59. The van der Waals surface area contributed by atoms with Gasteiger partial charge in [-0.15, -0.1) is 0 Å². The molecule has 0 aliphatic carbocycles. The van der Waals surface area contributed by atoms with Crippen molar-refractivity contribution in [2.75, 3.05) is 18.5 Å². The lowest BCUT2D eigenvalue weighted by atomic mass is 9.83. The highest BCUT2D eigenvalue weighted by molar-refractivity contribution is 5.44. The molecule has 4 nitrogen and oxygen atoms in total. The molecule has 0 bridgehead atoms. The van der Waals surface area contributed by atoms with Gasteiger partial charge in [0.1, 0.15) is 0 Å². The minimum atomic E-state index is -0.0201. The summed E-state index contributed by atoms with van der Waals surface area (Å²) in [5.41, 5.74) is 2.30. The molecule has 1 aromatic carbocycles. The predicted octanol–water partition coefficient (Wildman–Crippen LogP) is 3.14. The van der Waals surface area contributed by atoms with Gasteiger partial charge in [-0.3, -0.25) is 4.68 Å². The molecule has 0 aliphatic heterocycles. The first-order chi connectivity index (χ1) is 10.2. The summed E-state index contributed by atoms with van der Waals surface area (Å²) in [5.74, 6) is 0. The summed E-state index contributed by atoms with van der Waals surface area (Å²) in [6.45, 7) is 6.08. The average Bonchev–Trinajstić information content (AvgIpc) is 3.04. The maximum atomic E-state index is 9.59. The Bertz CT molecular complexity index is 507. The molecule has 0 unspecified atom stereocenters. The average molecular weight is 287 g/mol. The summed E-state index contributed by atoms with van der Waals surface area (Å²) in [4.78, 5) is 0. The zero-order valence-electron chi connectivity index (χ0n) is 12.9. The van der Waals surface area contributed by atoms with E-state index in [0.717, 1.165) is 31.6 Å². The lowest BCUT2D eigenvalue weighted by molar-refractivity contribution is 0.127. The normalized spacial score (nSPS) is 11.6. The van der Waals surface area contributed by atoms with Gasteiger partial charge in [0.25, 0.3) is 0 Å². The van der Waals surface area contributed by atoms with Gasteiger partial charge < -0.3 is 10.4 Å². The first-order valence-corrected chi connectivity index (χ1v) is 7.62. The monoisotopic (exact) mass is 287 g/mol. The fourth-order valence-corrected chi connectivity index (χ4v) is 2.38. The van der Waals surface area contributed by atoms with E-state index in [1.54, 1.807) is 6.20 Å². The maximum Gasteiger partial charge on any atom is 0.0659 e. The zero-order chi connectivity index (χ0) is 15.1. The largest absolute Gasteiger partial charge is 0.396 e. The first-order valence-electron chi connectivity index (χ1n) is 7.62. The van der Waals surface area contributed by atoms with Crippen molar-refractivity contribution in [2.24, 2.45) is 5.41 Å². The van der Waals surface area contributed by atoms with Crippen LogP contribution in [0.3, 0.4) is 0 Å². The lowest BCUT2D eigenvalue weighted by Crippen LogP contribution is -2.32. The summed E-state index contributed by atoms with van der Waals surface area (Å²) in [6, 6.07) is 10.3. The topological polar surface area (TPSA) is 50.1 Å². The van der Waals surface area contributed by atoms with Gasteiger partial charge in [0.15, 0.2) is 0 Å². The van der Waals surface area contributed by atoms with Gasteiger partial charge in [-0.05, 0) is 36.6 Å². The molecule has 0 atom stereocenters. The molecule has 0 fully saturated rings. The van der Waals surface area contributed by atoms with Crippen LogP contribution in [0.4, 0.5) is 5.69 Å². The second kappa shape index (κ2) is 7.27. The highest BCUT2D eigenvalue weighted by atomic mass is 16.3. The molecule has 0 spiro atoms. The van der Waals surface area contributed by atoms with E-state index in [-0.39, 0.29) is 12.0 Å². The Morgan fingerprint density at radius 3 is 2.43 bits per heavy atom. The van der Waals surface area contributed by atoms with Gasteiger partial charge in [-0.2, -0.15) is 5.10 Å². The van der Waals surface area contributed by atoms with Crippen molar-refractivity contribution in [3.63, 3.8) is 0 Å². The number of nitrogens with one attached hydrogen (secondary N) is 1. The standard InChI is InChI=1S/C17H25N3O/c1-3-17(4-2,14-21)13-18-16-8-6-15(7-9-16)12-20-11-5-10-19-20/h5-11,18,21H,3-4,12-14H2,1-2H3. The van der Waals surface area contributed by atoms with E-state index in [4.69, 9.17) is 0 Å². The van der Waals surface area contributed by atoms with E-state index in [2.05, 4.69) is 48.5 Å². The summed E-state index contributed by atoms with van der Waals surface area (Å²) in [5, 5.41) is 17.2. The third-order valence-electron chi connectivity index (χ3n) is 4.36. The van der Waals surface area contributed by atoms with Crippen molar-refractivity contribution >= 4 is 5.69 Å². The second-order valence-electron chi connectivity index (χ2n) is 5.62. The van der Waals surface area contributed by atoms with Gasteiger partial charge in [0, 0.05) is 30.0 Å². The molecular weight excluding hydrogens is 262 g/mol. The van der Waals surface area contributed by atoms with E-state index < -0.39 is 0 Å². The van der Waals surface area contributed by atoms with Crippen LogP contribution in [0, 0.1) is 5.41 Å². The van der Waals surface area contributed by atoms with E-state index in [1.807, 2.05) is 16.9 Å². The van der Waals surface area contributed by atoms with Gasteiger partial charge in [0.05, 0.1) is 13.2 Å². The molecule has 21 heavy (non-hydrogen) atoms. The first kappa shape index (κ1) is 15.6. The van der Waals surface area contributed by atoms with Crippen LogP contribution in [0.15, 0.2) is 42.7 Å². The molecule has 0 saturated carbocycles. The highest BCUT2D eigenvalue weighted by Gasteiger charge is 2.24. The van der Waals surface area contributed by atoms with Crippen LogP contribution in [0.1, 0.15) is 32.3 Å². The number of hydrogen-bond acceptors (Lipinski definition) is 3. The Labute approximate surface area is 126 Å². The Hall–Kier alpha value is -1.81. The van der Waals surface area contributed by atoms with Crippen molar-refractivity contribution in [3.8, 4) is 0 Å². The van der Waals surface area contributed by atoms with Crippen LogP contribution < -0.4 is 5.32 Å². The number of hydrogen-bond donors (Lipinski definition) is 2. The molecule has 0 saturated heterocycles. The molecule has 0 radical (unpaired) electrons. The number of nitrogens with zero attached hydrogens (tertiary/aromatic N) is 2. The molecule has 1 aromatic heterocycles. The van der Waals surface area contributed by atoms with Gasteiger partial charge in [-0.25, -0.2) is 0 Å². The Kier molecular flexibility index (Phi) is 5.39. The molecule has 2 aromatic rings. The molecule has 2 N–H and O–H groups in total. The third kappa shape index (κ3) is 4.08. The molecule has 2 rings (SSSR count). The van der Waals surface area contributed by atoms with Gasteiger partial charge >= 0.3 is 0 Å². The number of aliphatic hydroxyl groups excluding tert-OH is 1.